The zero-order valence-electron chi connectivity index (χ0n) is 26.3. The molecule has 8 aromatic carbocycles. The summed E-state index contributed by atoms with van der Waals surface area (Å²) < 4.78 is 0. The van der Waals surface area contributed by atoms with Crippen molar-refractivity contribution in [3.63, 3.8) is 0 Å². The predicted molar refractivity (Wildman–Crippen MR) is 201 cm³/mol. The Morgan fingerprint density at radius 2 is 0.771 bits per heavy atom. The highest BCUT2D eigenvalue weighted by atomic mass is 14.9. The fourth-order valence-corrected chi connectivity index (χ4v) is 8.51. The van der Waals surface area contributed by atoms with Crippen molar-refractivity contribution in [3.8, 4) is 44.5 Å². The summed E-state index contributed by atoms with van der Waals surface area (Å²) in [6.45, 7) is 0. The number of hydrogen-bond acceptors (Lipinski definition) is 1. The zero-order chi connectivity index (χ0) is 31.7. The minimum absolute atomic E-state index is 0.342. The quantitative estimate of drug-likeness (QED) is 0.209. The lowest BCUT2D eigenvalue weighted by Gasteiger charge is -2.30. The van der Waals surface area contributed by atoms with Crippen LogP contribution in [-0.2, 0) is 5.41 Å². The molecule has 0 amide bonds. The molecule has 0 saturated heterocycles. The summed E-state index contributed by atoms with van der Waals surface area (Å²) in [6, 6.07) is 66.6. The van der Waals surface area contributed by atoms with E-state index in [-0.39, 0.29) is 5.41 Å². The van der Waals surface area contributed by atoms with Crippen molar-refractivity contribution in [3.05, 3.63) is 204 Å². The Bertz CT molecular complexity index is 2460. The van der Waals surface area contributed by atoms with Gasteiger partial charge in [0.2, 0.25) is 0 Å². The second-order valence-electron chi connectivity index (χ2n) is 12.9. The van der Waals surface area contributed by atoms with E-state index in [0.29, 0.717) is 0 Å². The largest absolute Gasteiger partial charge is 0.356 e. The van der Waals surface area contributed by atoms with E-state index in [1.807, 2.05) is 0 Å². The molecule has 0 aliphatic heterocycles. The Morgan fingerprint density at radius 3 is 1.35 bits per heavy atom. The molecule has 0 fully saturated rings. The lowest BCUT2D eigenvalue weighted by molar-refractivity contribution is 0.794. The van der Waals surface area contributed by atoms with E-state index in [1.54, 1.807) is 0 Å². The van der Waals surface area contributed by atoms with Crippen LogP contribution < -0.4 is 5.32 Å². The van der Waals surface area contributed by atoms with Gasteiger partial charge in [0.1, 0.15) is 0 Å². The third-order valence-electron chi connectivity index (χ3n) is 10.5. The molecule has 1 spiro atoms. The summed E-state index contributed by atoms with van der Waals surface area (Å²) in [4.78, 5) is 0. The van der Waals surface area contributed by atoms with E-state index in [0.717, 1.165) is 11.4 Å². The number of nitrogens with one attached hydrogen (secondary N) is 1. The molecule has 0 bridgehead atoms. The van der Waals surface area contributed by atoms with Crippen molar-refractivity contribution in [2.75, 3.05) is 5.32 Å². The Labute approximate surface area is 280 Å². The SMILES string of the molecule is c1ccc(-c2cccc3cccc(-c4ccc(Nc5ccc6c(c5)C5(c7ccccc7-c7ccccc75)c5ccccc5-6)cc4)c23)cc1. The first kappa shape index (κ1) is 27.0. The van der Waals surface area contributed by atoms with E-state index in [2.05, 4.69) is 187 Å². The van der Waals surface area contributed by atoms with E-state index in [1.165, 1.54) is 77.5 Å². The molecule has 1 heteroatoms. The number of hydrogen-bond donors (Lipinski definition) is 1. The minimum Gasteiger partial charge on any atom is -0.356 e. The van der Waals surface area contributed by atoms with Crippen LogP contribution >= 0.6 is 0 Å². The molecule has 1 N–H and O–H groups in total. The fourth-order valence-electron chi connectivity index (χ4n) is 8.51. The first-order chi connectivity index (χ1) is 23.8. The summed E-state index contributed by atoms with van der Waals surface area (Å²) in [6.07, 6.45) is 0. The van der Waals surface area contributed by atoms with Crippen LogP contribution in [0, 0.1) is 0 Å². The van der Waals surface area contributed by atoms with Crippen molar-refractivity contribution in [2.24, 2.45) is 0 Å². The molecule has 0 aromatic heterocycles. The molecule has 0 heterocycles. The normalized spacial score (nSPS) is 13.2. The number of rotatable bonds is 4. The van der Waals surface area contributed by atoms with Crippen LogP contribution in [0.15, 0.2) is 182 Å². The minimum atomic E-state index is -0.342. The van der Waals surface area contributed by atoms with E-state index in [9.17, 15) is 0 Å². The van der Waals surface area contributed by atoms with Gasteiger partial charge in [-0.05, 0) is 102 Å². The molecule has 0 saturated carbocycles. The van der Waals surface area contributed by atoms with Gasteiger partial charge in [0, 0.05) is 11.4 Å². The highest BCUT2D eigenvalue weighted by molar-refractivity contribution is 6.06. The maximum absolute atomic E-state index is 3.77. The van der Waals surface area contributed by atoms with Gasteiger partial charge in [-0.1, -0.05) is 158 Å². The van der Waals surface area contributed by atoms with Gasteiger partial charge in [-0.2, -0.15) is 0 Å². The van der Waals surface area contributed by atoms with Crippen molar-refractivity contribution in [2.45, 2.75) is 5.41 Å². The van der Waals surface area contributed by atoms with E-state index < -0.39 is 0 Å². The van der Waals surface area contributed by atoms with Gasteiger partial charge < -0.3 is 5.32 Å². The summed E-state index contributed by atoms with van der Waals surface area (Å²) in [5.74, 6) is 0. The Kier molecular flexibility index (Phi) is 5.86. The smallest absolute Gasteiger partial charge is 0.0726 e. The van der Waals surface area contributed by atoms with Gasteiger partial charge in [-0.25, -0.2) is 0 Å². The molecule has 2 aliphatic rings. The first-order valence-electron chi connectivity index (χ1n) is 16.7. The van der Waals surface area contributed by atoms with Gasteiger partial charge in [0.05, 0.1) is 5.41 Å². The number of anilines is 2. The molecular formula is C47H31N. The average molecular weight is 610 g/mol. The maximum Gasteiger partial charge on any atom is 0.0726 e. The Hall–Kier alpha value is -6.18. The van der Waals surface area contributed by atoms with E-state index in [4.69, 9.17) is 0 Å². The van der Waals surface area contributed by atoms with Gasteiger partial charge in [0.15, 0.2) is 0 Å². The highest BCUT2D eigenvalue weighted by Crippen LogP contribution is 2.63. The Balaban J connectivity index is 1.06. The molecule has 0 atom stereocenters. The van der Waals surface area contributed by atoms with Crippen molar-refractivity contribution in [1.29, 1.82) is 0 Å². The number of benzene rings is 8. The lowest BCUT2D eigenvalue weighted by atomic mass is 9.70. The molecular weight excluding hydrogens is 579 g/mol. The second kappa shape index (κ2) is 10.4. The lowest BCUT2D eigenvalue weighted by Crippen LogP contribution is -2.25. The molecule has 10 rings (SSSR count). The van der Waals surface area contributed by atoms with Crippen molar-refractivity contribution < 1.29 is 0 Å². The second-order valence-corrected chi connectivity index (χ2v) is 12.9. The van der Waals surface area contributed by atoms with E-state index >= 15 is 0 Å². The van der Waals surface area contributed by atoms with Crippen molar-refractivity contribution in [1.82, 2.24) is 0 Å². The number of fused-ring (bicyclic) bond motifs is 11. The summed E-state index contributed by atoms with van der Waals surface area (Å²) >= 11 is 0. The molecule has 2 aliphatic carbocycles. The first-order valence-corrected chi connectivity index (χ1v) is 16.7. The molecule has 8 aromatic rings. The standard InChI is InChI=1S/C47H31N/c1-2-12-31(13-3-1)36-19-10-14-33-15-11-20-37(46(33)36)32-24-26-34(27-25-32)48-35-28-29-41-40-18-6-9-23-44(40)47(45(41)30-35)42-21-7-4-16-38(42)39-17-5-8-22-43(39)47/h1-30,48H. The topological polar surface area (TPSA) is 12.0 Å². The average Bonchev–Trinajstić information content (AvgIpc) is 3.62. The van der Waals surface area contributed by atoms with Gasteiger partial charge in [0.25, 0.3) is 0 Å². The summed E-state index contributed by atoms with van der Waals surface area (Å²) in [7, 11) is 0. The molecule has 224 valence electrons. The molecule has 0 radical (unpaired) electrons. The van der Waals surface area contributed by atoms with Crippen LogP contribution in [0.25, 0.3) is 55.3 Å². The molecule has 0 unspecified atom stereocenters. The summed E-state index contributed by atoms with van der Waals surface area (Å²) in [5, 5.41) is 6.30. The highest BCUT2D eigenvalue weighted by Gasteiger charge is 2.51. The van der Waals surface area contributed by atoms with Crippen LogP contribution in [0.2, 0.25) is 0 Å². The third-order valence-corrected chi connectivity index (χ3v) is 10.5. The van der Waals surface area contributed by atoms with Crippen LogP contribution in [0.5, 0.6) is 0 Å². The Morgan fingerprint density at radius 1 is 0.312 bits per heavy atom. The van der Waals surface area contributed by atoms with Gasteiger partial charge in [-0.3, -0.25) is 0 Å². The molecule has 1 nitrogen and oxygen atoms in total. The molecule has 48 heavy (non-hydrogen) atoms. The van der Waals surface area contributed by atoms with Gasteiger partial charge >= 0.3 is 0 Å². The van der Waals surface area contributed by atoms with Crippen LogP contribution in [0.3, 0.4) is 0 Å². The fraction of sp³-hybridized carbons (Fsp3) is 0.0213. The van der Waals surface area contributed by atoms with Crippen LogP contribution in [0.1, 0.15) is 22.3 Å². The van der Waals surface area contributed by atoms with Gasteiger partial charge in [-0.15, -0.1) is 0 Å². The predicted octanol–water partition coefficient (Wildman–Crippen LogP) is 12.3. The van der Waals surface area contributed by atoms with Crippen LogP contribution in [-0.4, -0.2) is 0 Å². The van der Waals surface area contributed by atoms with Crippen molar-refractivity contribution >= 4 is 22.1 Å². The monoisotopic (exact) mass is 609 g/mol. The third kappa shape index (κ3) is 3.79. The maximum atomic E-state index is 3.77. The summed E-state index contributed by atoms with van der Waals surface area (Å²) in [5.41, 5.74) is 17.5. The zero-order valence-corrected chi connectivity index (χ0v) is 26.3. The van der Waals surface area contributed by atoms with Crippen LogP contribution in [0.4, 0.5) is 11.4 Å².